The van der Waals surface area contributed by atoms with E-state index in [0.717, 1.165) is 15.7 Å². The summed E-state index contributed by atoms with van der Waals surface area (Å²) in [7, 11) is 0. The Morgan fingerprint density at radius 3 is 2.35 bits per heavy atom. The van der Waals surface area contributed by atoms with Gasteiger partial charge in [0, 0.05) is 26.2 Å². The molecular weight excluding hydrogens is 435 g/mol. The summed E-state index contributed by atoms with van der Waals surface area (Å²) in [6, 6.07) is 19.4. The summed E-state index contributed by atoms with van der Waals surface area (Å²) in [5.41, 5.74) is -0.0712. The average molecular weight is 461 g/mol. The molecule has 3 aromatic rings. The van der Waals surface area contributed by atoms with Crippen LogP contribution in [0.25, 0.3) is 10.8 Å². The van der Waals surface area contributed by atoms with E-state index in [1.165, 1.54) is 6.07 Å². The molecule has 2 aliphatic rings. The summed E-state index contributed by atoms with van der Waals surface area (Å²) in [5, 5.41) is 4.77. The zero-order chi connectivity index (χ0) is 23.9. The summed E-state index contributed by atoms with van der Waals surface area (Å²) >= 11 is 0. The van der Waals surface area contributed by atoms with Crippen molar-refractivity contribution >= 4 is 34.3 Å². The Morgan fingerprint density at radius 1 is 0.941 bits per heavy atom. The third-order valence-corrected chi connectivity index (χ3v) is 6.72. The van der Waals surface area contributed by atoms with Crippen LogP contribution in [0.3, 0.4) is 0 Å². The predicted octanol–water partition coefficient (Wildman–Crippen LogP) is 3.09. The van der Waals surface area contributed by atoms with Crippen LogP contribution in [-0.4, -0.2) is 60.4 Å². The number of hydrogen-bond donors (Lipinski definition) is 1. The van der Waals surface area contributed by atoms with Crippen LogP contribution < -0.4 is 10.2 Å². The van der Waals surface area contributed by atoms with Crippen LogP contribution in [-0.2, 0) is 15.1 Å². The maximum Gasteiger partial charge on any atom is 0.325 e. The molecule has 8 heteroatoms. The van der Waals surface area contributed by atoms with Gasteiger partial charge in [0.1, 0.15) is 17.9 Å². The van der Waals surface area contributed by atoms with Gasteiger partial charge in [-0.05, 0) is 41.5 Å². The quantitative estimate of drug-likeness (QED) is 0.608. The van der Waals surface area contributed by atoms with Crippen molar-refractivity contribution in [3.05, 3.63) is 78.1 Å². The van der Waals surface area contributed by atoms with E-state index in [4.69, 9.17) is 0 Å². The number of carbonyl (C=O) groups excluding carboxylic acids is 3. The molecular formula is C26H25FN4O3. The Kier molecular flexibility index (Phi) is 5.43. The summed E-state index contributed by atoms with van der Waals surface area (Å²) < 4.78 is 14.1. The Hall–Kier alpha value is -3.94. The molecule has 2 aliphatic heterocycles. The smallest absolute Gasteiger partial charge is 0.325 e. The predicted molar refractivity (Wildman–Crippen MR) is 127 cm³/mol. The number of fused-ring (bicyclic) bond motifs is 1. The second kappa shape index (κ2) is 8.44. The molecule has 1 N–H and O–H groups in total. The normalized spacial score (nSPS) is 20.7. The molecule has 174 valence electrons. The number of halogens is 1. The summed E-state index contributed by atoms with van der Waals surface area (Å²) in [4.78, 5) is 43.4. The van der Waals surface area contributed by atoms with Gasteiger partial charge >= 0.3 is 6.03 Å². The standard InChI is InChI=1S/C26H25FN4O3/c1-26(20-11-10-18-6-2-3-7-19(18)16-20)24(33)31(25(34)28-26)17-23(32)30-14-12-29(13-15-30)22-9-5-4-8-21(22)27/h2-11,16H,12-15,17H2,1H3,(H,28,34). The van der Waals surface area contributed by atoms with Crippen LogP contribution in [0.1, 0.15) is 12.5 Å². The number of anilines is 1. The molecule has 4 amide bonds. The van der Waals surface area contributed by atoms with Crippen LogP contribution in [0.4, 0.5) is 14.9 Å². The fourth-order valence-corrected chi connectivity index (χ4v) is 4.68. The lowest BCUT2D eigenvalue weighted by atomic mass is 9.90. The maximum absolute atomic E-state index is 14.1. The largest absolute Gasteiger partial charge is 0.366 e. The molecule has 2 saturated heterocycles. The SMILES string of the molecule is CC1(c2ccc3ccccc3c2)NC(=O)N(CC(=O)N2CCN(c3ccccc3F)CC2)C1=O. The van der Waals surface area contributed by atoms with Gasteiger partial charge in [0.2, 0.25) is 5.91 Å². The zero-order valence-corrected chi connectivity index (χ0v) is 18.8. The number of para-hydroxylation sites is 1. The fraction of sp³-hybridized carbons (Fsp3) is 0.269. The highest BCUT2D eigenvalue weighted by atomic mass is 19.1. The third-order valence-electron chi connectivity index (χ3n) is 6.72. The van der Waals surface area contributed by atoms with Crippen LogP contribution in [0.2, 0.25) is 0 Å². The number of hydrogen-bond acceptors (Lipinski definition) is 4. The van der Waals surface area contributed by atoms with Gasteiger partial charge in [0.25, 0.3) is 5.91 Å². The first kappa shape index (κ1) is 21.9. The van der Waals surface area contributed by atoms with Gasteiger partial charge in [-0.25, -0.2) is 9.18 Å². The lowest BCUT2D eigenvalue weighted by molar-refractivity contribution is -0.139. The van der Waals surface area contributed by atoms with Gasteiger partial charge in [-0.1, -0.05) is 48.5 Å². The highest BCUT2D eigenvalue weighted by Crippen LogP contribution is 2.31. The Bertz CT molecular complexity index is 1290. The first-order valence-corrected chi connectivity index (χ1v) is 11.3. The second-order valence-electron chi connectivity index (χ2n) is 8.83. The number of rotatable bonds is 4. The summed E-state index contributed by atoms with van der Waals surface area (Å²) in [6.07, 6.45) is 0. The zero-order valence-electron chi connectivity index (χ0n) is 18.8. The molecule has 3 aromatic carbocycles. The number of nitrogens with one attached hydrogen (secondary N) is 1. The molecule has 2 fully saturated rings. The first-order valence-electron chi connectivity index (χ1n) is 11.3. The minimum absolute atomic E-state index is 0.297. The Balaban J connectivity index is 1.26. The molecule has 0 saturated carbocycles. The van der Waals surface area contributed by atoms with Gasteiger partial charge < -0.3 is 15.1 Å². The van der Waals surface area contributed by atoms with Crippen molar-refractivity contribution in [3.63, 3.8) is 0 Å². The Morgan fingerprint density at radius 2 is 1.62 bits per heavy atom. The van der Waals surface area contributed by atoms with Crippen LogP contribution in [0, 0.1) is 5.82 Å². The van der Waals surface area contributed by atoms with E-state index < -0.39 is 17.5 Å². The molecule has 0 spiro atoms. The van der Waals surface area contributed by atoms with Gasteiger partial charge in [-0.3, -0.25) is 14.5 Å². The first-order chi connectivity index (χ1) is 16.4. The minimum Gasteiger partial charge on any atom is -0.366 e. The topological polar surface area (TPSA) is 73.0 Å². The van der Waals surface area contributed by atoms with Crippen molar-refractivity contribution in [2.45, 2.75) is 12.5 Å². The van der Waals surface area contributed by atoms with Gasteiger partial charge in [0.05, 0.1) is 5.69 Å². The second-order valence-corrected chi connectivity index (χ2v) is 8.83. The van der Waals surface area contributed by atoms with E-state index in [1.54, 1.807) is 30.0 Å². The number of imide groups is 1. The monoisotopic (exact) mass is 460 g/mol. The third kappa shape index (κ3) is 3.75. The molecule has 1 atom stereocenters. The fourth-order valence-electron chi connectivity index (χ4n) is 4.68. The Labute approximate surface area is 196 Å². The van der Waals surface area contributed by atoms with E-state index >= 15 is 0 Å². The molecule has 0 aliphatic carbocycles. The maximum atomic E-state index is 14.1. The molecule has 1 unspecified atom stereocenters. The molecule has 0 aromatic heterocycles. The van der Waals surface area contributed by atoms with Crippen molar-refractivity contribution in [2.24, 2.45) is 0 Å². The van der Waals surface area contributed by atoms with Gasteiger partial charge in [-0.2, -0.15) is 0 Å². The summed E-state index contributed by atoms with van der Waals surface area (Å²) in [6.45, 7) is 3.06. The van der Waals surface area contributed by atoms with Crippen LogP contribution in [0.5, 0.6) is 0 Å². The van der Waals surface area contributed by atoms with E-state index in [1.807, 2.05) is 47.4 Å². The molecule has 7 nitrogen and oxygen atoms in total. The highest BCUT2D eigenvalue weighted by Gasteiger charge is 2.49. The molecule has 2 heterocycles. The average Bonchev–Trinajstić information content (AvgIpc) is 3.08. The molecule has 34 heavy (non-hydrogen) atoms. The van der Waals surface area contributed by atoms with Crippen molar-refractivity contribution in [1.29, 1.82) is 0 Å². The van der Waals surface area contributed by atoms with Crippen molar-refractivity contribution < 1.29 is 18.8 Å². The summed E-state index contributed by atoms with van der Waals surface area (Å²) in [5.74, 6) is -1.06. The minimum atomic E-state index is -1.25. The van der Waals surface area contributed by atoms with Gasteiger partial charge in [0.15, 0.2) is 0 Å². The number of amides is 4. The molecule has 0 radical (unpaired) electrons. The molecule has 0 bridgehead atoms. The van der Waals surface area contributed by atoms with E-state index in [0.29, 0.717) is 37.4 Å². The van der Waals surface area contributed by atoms with E-state index in [-0.39, 0.29) is 18.3 Å². The van der Waals surface area contributed by atoms with Crippen LogP contribution >= 0.6 is 0 Å². The number of urea groups is 1. The van der Waals surface area contributed by atoms with Gasteiger partial charge in [-0.15, -0.1) is 0 Å². The van der Waals surface area contributed by atoms with E-state index in [9.17, 15) is 18.8 Å². The highest BCUT2D eigenvalue weighted by molar-refractivity contribution is 6.09. The van der Waals surface area contributed by atoms with Crippen molar-refractivity contribution in [1.82, 2.24) is 15.1 Å². The van der Waals surface area contributed by atoms with Crippen molar-refractivity contribution in [3.8, 4) is 0 Å². The number of carbonyl (C=O) groups is 3. The van der Waals surface area contributed by atoms with E-state index in [2.05, 4.69) is 5.32 Å². The van der Waals surface area contributed by atoms with Crippen LogP contribution in [0.15, 0.2) is 66.7 Å². The lowest BCUT2D eigenvalue weighted by Gasteiger charge is -2.36. The number of benzene rings is 3. The molecule has 5 rings (SSSR count). The number of piperazine rings is 1. The van der Waals surface area contributed by atoms with Crippen molar-refractivity contribution in [2.75, 3.05) is 37.6 Å². The lowest BCUT2D eigenvalue weighted by Crippen LogP contribution is -2.52. The number of nitrogens with zero attached hydrogens (tertiary/aromatic N) is 3.